The van der Waals surface area contributed by atoms with Crippen molar-refractivity contribution in [3.05, 3.63) is 29.8 Å². The predicted octanol–water partition coefficient (Wildman–Crippen LogP) is 3.32. The summed E-state index contributed by atoms with van der Waals surface area (Å²) in [6.45, 7) is 6.30. The van der Waals surface area contributed by atoms with Crippen molar-refractivity contribution < 1.29 is 14.7 Å². The molecule has 0 heterocycles. The van der Waals surface area contributed by atoms with Crippen LogP contribution >= 0.6 is 0 Å². The molecule has 0 saturated carbocycles. The molecule has 0 bridgehead atoms. The standard InChI is InChI=1S/C16H23NO3/c1-4-12(11(2)3)9-15(18)17-14-8-6-5-7-13(14)10-16(19)20/h5-8,11-12H,4,9-10H2,1-3H3,(H,17,18)(H,19,20). The lowest BCUT2D eigenvalue weighted by Gasteiger charge is -2.19. The van der Waals surface area contributed by atoms with E-state index in [4.69, 9.17) is 5.11 Å². The van der Waals surface area contributed by atoms with Crippen LogP contribution < -0.4 is 5.32 Å². The highest BCUT2D eigenvalue weighted by Crippen LogP contribution is 2.21. The van der Waals surface area contributed by atoms with E-state index in [0.29, 0.717) is 29.5 Å². The van der Waals surface area contributed by atoms with Crippen LogP contribution in [0.4, 0.5) is 5.69 Å². The SMILES string of the molecule is CCC(CC(=O)Nc1ccccc1CC(=O)O)C(C)C. The van der Waals surface area contributed by atoms with Crippen molar-refractivity contribution in [3.63, 3.8) is 0 Å². The number of carbonyl (C=O) groups excluding carboxylic acids is 1. The van der Waals surface area contributed by atoms with E-state index in [0.717, 1.165) is 6.42 Å². The molecule has 2 N–H and O–H groups in total. The molecule has 20 heavy (non-hydrogen) atoms. The van der Waals surface area contributed by atoms with E-state index in [1.807, 2.05) is 0 Å². The first-order valence-corrected chi connectivity index (χ1v) is 7.03. The van der Waals surface area contributed by atoms with Crippen LogP contribution in [-0.2, 0) is 16.0 Å². The molecule has 4 nitrogen and oxygen atoms in total. The van der Waals surface area contributed by atoms with Crippen molar-refractivity contribution >= 4 is 17.6 Å². The fourth-order valence-electron chi connectivity index (χ4n) is 2.25. The molecular formula is C16H23NO3. The summed E-state index contributed by atoms with van der Waals surface area (Å²) in [5.74, 6) is -0.148. The highest BCUT2D eigenvalue weighted by molar-refractivity contribution is 5.92. The molecule has 0 saturated heterocycles. The van der Waals surface area contributed by atoms with Gasteiger partial charge >= 0.3 is 5.97 Å². The normalized spacial score (nSPS) is 12.2. The summed E-state index contributed by atoms with van der Waals surface area (Å²) in [4.78, 5) is 22.9. The zero-order valence-corrected chi connectivity index (χ0v) is 12.3. The van der Waals surface area contributed by atoms with Gasteiger partial charge in [0.2, 0.25) is 5.91 Å². The Morgan fingerprint density at radius 1 is 1.25 bits per heavy atom. The summed E-state index contributed by atoms with van der Waals surface area (Å²) in [6, 6.07) is 7.04. The molecule has 110 valence electrons. The summed E-state index contributed by atoms with van der Waals surface area (Å²) in [5, 5.41) is 11.7. The maximum Gasteiger partial charge on any atom is 0.307 e. The van der Waals surface area contributed by atoms with Gasteiger partial charge in [-0.05, 0) is 23.5 Å². The zero-order valence-electron chi connectivity index (χ0n) is 12.3. The lowest BCUT2D eigenvalue weighted by atomic mass is 9.90. The Morgan fingerprint density at radius 3 is 2.45 bits per heavy atom. The quantitative estimate of drug-likeness (QED) is 0.803. The third-order valence-corrected chi connectivity index (χ3v) is 3.55. The number of benzene rings is 1. The Labute approximate surface area is 120 Å². The van der Waals surface area contributed by atoms with Crippen LogP contribution in [0.25, 0.3) is 0 Å². The van der Waals surface area contributed by atoms with Gasteiger partial charge in [-0.3, -0.25) is 9.59 Å². The van der Waals surface area contributed by atoms with Crippen LogP contribution in [0.5, 0.6) is 0 Å². The first kappa shape index (κ1) is 16.2. The molecular weight excluding hydrogens is 254 g/mol. The van der Waals surface area contributed by atoms with Crippen molar-refractivity contribution in [2.75, 3.05) is 5.32 Å². The third-order valence-electron chi connectivity index (χ3n) is 3.55. The molecule has 0 aliphatic carbocycles. The van der Waals surface area contributed by atoms with Crippen LogP contribution in [0, 0.1) is 11.8 Å². The van der Waals surface area contributed by atoms with Gasteiger partial charge in [0.15, 0.2) is 0 Å². The molecule has 1 aromatic rings. The van der Waals surface area contributed by atoms with Gasteiger partial charge in [-0.1, -0.05) is 45.4 Å². The van der Waals surface area contributed by atoms with E-state index in [1.165, 1.54) is 0 Å². The molecule has 0 aliphatic rings. The van der Waals surface area contributed by atoms with E-state index in [-0.39, 0.29) is 12.3 Å². The average molecular weight is 277 g/mol. The smallest absolute Gasteiger partial charge is 0.307 e. The second-order valence-electron chi connectivity index (χ2n) is 5.39. The van der Waals surface area contributed by atoms with E-state index in [2.05, 4.69) is 26.1 Å². The molecule has 1 amide bonds. The zero-order chi connectivity index (χ0) is 15.1. The Balaban J connectivity index is 2.73. The van der Waals surface area contributed by atoms with E-state index in [9.17, 15) is 9.59 Å². The van der Waals surface area contributed by atoms with Gasteiger partial charge in [0.05, 0.1) is 6.42 Å². The molecule has 0 aliphatic heterocycles. The van der Waals surface area contributed by atoms with E-state index in [1.54, 1.807) is 24.3 Å². The lowest BCUT2D eigenvalue weighted by molar-refractivity contribution is -0.136. The van der Waals surface area contributed by atoms with Gasteiger partial charge in [0, 0.05) is 12.1 Å². The third kappa shape index (κ3) is 5.03. The summed E-state index contributed by atoms with van der Waals surface area (Å²) in [5.41, 5.74) is 1.23. The van der Waals surface area contributed by atoms with Crippen LogP contribution in [0.2, 0.25) is 0 Å². The summed E-state index contributed by atoms with van der Waals surface area (Å²) >= 11 is 0. The molecule has 0 radical (unpaired) electrons. The van der Waals surface area contributed by atoms with Gasteiger partial charge in [-0.15, -0.1) is 0 Å². The number of carboxylic acids is 1. The number of rotatable bonds is 7. The maximum atomic E-state index is 12.1. The monoisotopic (exact) mass is 277 g/mol. The number of hydrogen-bond donors (Lipinski definition) is 2. The average Bonchev–Trinajstić information content (AvgIpc) is 2.37. The van der Waals surface area contributed by atoms with E-state index < -0.39 is 5.97 Å². The van der Waals surface area contributed by atoms with Gasteiger partial charge < -0.3 is 10.4 Å². The minimum absolute atomic E-state index is 0.0524. The molecule has 0 fully saturated rings. The van der Waals surface area contributed by atoms with Crippen LogP contribution in [-0.4, -0.2) is 17.0 Å². The Bertz CT molecular complexity index is 469. The fraction of sp³-hybridized carbons (Fsp3) is 0.500. The molecule has 1 atom stereocenters. The lowest BCUT2D eigenvalue weighted by Crippen LogP contribution is -2.20. The van der Waals surface area contributed by atoms with Gasteiger partial charge in [0.1, 0.15) is 0 Å². The molecule has 1 aromatic carbocycles. The van der Waals surface area contributed by atoms with Crippen LogP contribution in [0.3, 0.4) is 0 Å². The summed E-state index contributed by atoms with van der Waals surface area (Å²) in [6.07, 6.45) is 1.34. The second-order valence-corrected chi connectivity index (χ2v) is 5.39. The van der Waals surface area contributed by atoms with Gasteiger partial charge in [0.25, 0.3) is 0 Å². The highest BCUT2D eigenvalue weighted by Gasteiger charge is 2.16. The number of hydrogen-bond acceptors (Lipinski definition) is 2. The number of nitrogens with one attached hydrogen (secondary N) is 1. The number of aliphatic carboxylic acids is 1. The van der Waals surface area contributed by atoms with Crippen LogP contribution in [0.1, 0.15) is 39.2 Å². The van der Waals surface area contributed by atoms with Crippen molar-refractivity contribution in [2.45, 2.75) is 40.0 Å². The molecule has 0 spiro atoms. The second kappa shape index (κ2) is 7.68. The van der Waals surface area contributed by atoms with E-state index >= 15 is 0 Å². The van der Waals surface area contributed by atoms with Crippen molar-refractivity contribution in [3.8, 4) is 0 Å². The Morgan fingerprint density at radius 2 is 1.90 bits per heavy atom. The fourth-order valence-corrected chi connectivity index (χ4v) is 2.25. The van der Waals surface area contributed by atoms with Crippen molar-refractivity contribution in [2.24, 2.45) is 11.8 Å². The largest absolute Gasteiger partial charge is 0.481 e. The van der Waals surface area contributed by atoms with Gasteiger partial charge in [-0.2, -0.15) is 0 Å². The molecule has 1 rings (SSSR count). The first-order chi connectivity index (χ1) is 9.43. The highest BCUT2D eigenvalue weighted by atomic mass is 16.4. The predicted molar refractivity (Wildman–Crippen MR) is 79.6 cm³/mol. The molecule has 4 heteroatoms. The number of para-hydroxylation sites is 1. The van der Waals surface area contributed by atoms with Crippen molar-refractivity contribution in [1.29, 1.82) is 0 Å². The number of anilines is 1. The summed E-state index contributed by atoms with van der Waals surface area (Å²) < 4.78 is 0. The van der Waals surface area contributed by atoms with Crippen molar-refractivity contribution in [1.82, 2.24) is 0 Å². The van der Waals surface area contributed by atoms with Gasteiger partial charge in [-0.25, -0.2) is 0 Å². The van der Waals surface area contributed by atoms with Crippen LogP contribution in [0.15, 0.2) is 24.3 Å². The Kier molecular flexibility index (Phi) is 6.22. The molecule has 0 aromatic heterocycles. The number of amides is 1. The summed E-state index contributed by atoms with van der Waals surface area (Å²) in [7, 11) is 0. The topological polar surface area (TPSA) is 66.4 Å². The Hall–Kier alpha value is -1.84. The number of carbonyl (C=O) groups is 2. The number of carboxylic acid groups (broad SMARTS) is 1. The first-order valence-electron chi connectivity index (χ1n) is 7.03. The minimum Gasteiger partial charge on any atom is -0.481 e. The minimum atomic E-state index is -0.902. The molecule has 1 unspecified atom stereocenters. The maximum absolute atomic E-state index is 12.1.